The molecule has 1 saturated heterocycles. The lowest BCUT2D eigenvalue weighted by Gasteiger charge is -2.15. The van der Waals surface area contributed by atoms with Gasteiger partial charge >= 0.3 is 5.91 Å². The van der Waals surface area contributed by atoms with Crippen LogP contribution in [0.2, 0.25) is 0 Å². The molecule has 156 valence electrons. The predicted molar refractivity (Wildman–Crippen MR) is 127 cm³/mol. The summed E-state index contributed by atoms with van der Waals surface area (Å²) in [5.41, 5.74) is 2.42. The Kier molecular flexibility index (Phi) is 7.81. The summed E-state index contributed by atoms with van der Waals surface area (Å²) in [6.45, 7) is 9.73. The third-order valence-electron chi connectivity index (χ3n) is 5.07. The van der Waals surface area contributed by atoms with Gasteiger partial charge in [-0.25, -0.2) is 0 Å². The number of carbonyl (C=O) groups is 1. The van der Waals surface area contributed by atoms with E-state index < -0.39 is 5.91 Å². The number of halogens is 2. The van der Waals surface area contributed by atoms with Gasteiger partial charge < -0.3 is 14.8 Å². The maximum atomic E-state index is 12.2. The van der Waals surface area contributed by atoms with Crippen LogP contribution >= 0.6 is 23.2 Å². The topological polar surface area (TPSA) is 37.3 Å². The van der Waals surface area contributed by atoms with E-state index >= 15 is 0 Å². The van der Waals surface area contributed by atoms with Gasteiger partial charge in [-0.15, -0.1) is 0 Å². The van der Waals surface area contributed by atoms with Crippen molar-refractivity contribution >= 4 is 45.7 Å². The SMILES string of the molecule is C=C/C(Cl)=C\C(Cl)=C(/C)C#CC(=O)Nc1ccc2c(ccn2CCN2CCCC2)c1. The van der Waals surface area contributed by atoms with E-state index in [9.17, 15) is 4.79 Å². The quantitative estimate of drug-likeness (QED) is 0.474. The smallest absolute Gasteiger partial charge is 0.300 e. The van der Waals surface area contributed by atoms with Crippen LogP contribution in [0.3, 0.4) is 0 Å². The van der Waals surface area contributed by atoms with Crippen molar-refractivity contribution < 1.29 is 4.79 Å². The molecule has 0 spiro atoms. The number of allylic oxidation sites excluding steroid dienone is 5. The summed E-state index contributed by atoms with van der Waals surface area (Å²) in [5, 5.41) is 4.68. The molecule has 1 aromatic carbocycles. The number of nitrogens with one attached hydrogen (secondary N) is 1. The number of benzene rings is 1. The van der Waals surface area contributed by atoms with Gasteiger partial charge in [0.2, 0.25) is 0 Å². The van der Waals surface area contributed by atoms with Crippen LogP contribution in [-0.4, -0.2) is 35.0 Å². The zero-order chi connectivity index (χ0) is 21.5. The fraction of sp³-hybridized carbons (Fsp3) is 0.292. The number of nitrogens with zero attached hydrogens (tertiary/aromatic N) is 2. The third kappa shape index (κ3) is 6.03. The second-order valence-corrected chi connectivity index (χ2v) is 8.09. The molecule has 1 aliphatic heterocycles. The molecule has 0 radical (unpaired) electrons. The highest BCUT2D eigenvalue weighted by molar-refractivity contribution is 6.35. The minimum absolute atomic E-state index is 0.372. The number of aromatic nitrogens is 1. The molecule has 3 rings (SSSR count). The Labute approximate surface area is 187 Å². The number of hydrogen-bond donors (Lipinski definition) is 1. The lowest BCUT2D eigenvalue weighted by Crippen LogP contribution is -2.23. The van der Waals surface area contributed by atoms with E-state index in [1.54, 1.807) is 13.0 Å². The highest BCUT2D eigenvalue weighted by Crippen LogP contribution is 2.21. The van der Waals surface area contributed by atoms with Crippen LogP contribution in [0.15, 0.2) is 64.8 Å². The molecule has 0 saturated carbocycles. The van der Waals surface area contributed by atoms with Crippen molar-refractivity contribution in [3.05, 3.63) is 64.8 Å². The monoisotopic (exact) mass is 441 g/mol. The maximum Gasteiger partial charge on any atom is 0.300 e. The molecule has 0 bridgehead atoms. The predicted octanol–water partition coefficient (Wildman–Crippen LogP) is 5.50. The van der Waals surface area contributed by atoms with Crippen molar-refractivity contribution in [3.63, 3.8) is 0 Å². The molecule has 1 N–H and O–H groups in total. The van der Waals surface area contributed by atoms with Crippen LogP contribution in [-0.2, 0) is 11.3 Å². The molecule has 2 aromatic rings. The van der Waals surface area contributed by atoms with Crippen molar-refractivity contribution in [1.29, 1.82) is 0 Å². The lowest BCUT2D eigenvalue weighted by atomic mass is 10.2. The van der Waals surface area contributed by atoms with E-state index in [0.717, 1.165) is 24.0 Å². The zero-order valence-electron chi connectivity index (χ0n) is 17.0. The first-order valence-electron chi connectivity index (χ1n) is 9.96. The number of amides is 1. The van der Waals surface area contributed by atoms with E-state index in [0.29, 0.717) is 21.3 Å². The number of likely N-dealkylation sites (tertiary alicyclic amines) is 1. The van der Waals surface area contributed by atoms with Gasteiger partial charge in [0.25, 0.3) is 0 Å². The van der Waals surface area contributed by atoms with Gasteiger partial charge in [-0.2, -0.15) is 0 Å². The second-order valence-electron chi connectivity index (χ2n) is 7.24. The summed E-state index contributed by atoms with van der Waals surface area (Å²) >= 11 is 12.0. The summed E-state index contributed by atoms with van der Waals surface area (Å²) in [5.74, 6) is 4.91. The van der Waals surface area contributed by atoms with E-state index in [4.69, 9.17) is 23.2 Å². The molecule has 1 aliphatic rings. The number of rotatable bonds is 6. The zero-order valence-corrected chi connectivity index (χ0v) is 18.6. The van der Waals surface area contributed by atoms with E-state index in [1.165, 1.54) is 32.0 Å². The molecule has 6 heteroatoms. The second kappa shape index (κ2) is 10.5. The third-order valence-corrected chi connectivity index (χ3v) is 5.72. The Morgan fingerprint density at radius 3 is 2.70 bits per heavy atom. The van der Waals surface area contributed by atoms with Crippen molar-refractivity contribution in [2.75, 3.05) is 25.0 Å². The van der Waals surface area contributed by atoms with E-state index in [1.807, 2.05) is 18.2 Å². The van der Waals surface area contributed by atoms with Gasteiger partial charge in [0.15, 0.2) is 0 Å². The molecular weight excluding hydrogens is 417 g/mol. The van der Waals surface area contributed by atoms with Gasteiger partial charge in [0, 0.05) is 52.4 Å². The molecule has 2 heterocycles. The lowest BCUT2D eigenvalue weighted by molar-refractivity contribution is -0.111. The first kappa shape index (κ1) is 22.2. The molecule has 1 amide bonds. The summed E-state index contributed by atoms with van der Waals surface area (Å²) < 4.78 is 2.26. The number of fused-ring (bicyclic) bond motifs is 1. The molecule has 4 nitrogen and oxygen atoms in total. The van der Waals surface area contributed by atoms with Gasteiger partial charge in [-0.1, -0.05) is 41.8 Å². The molecule has 0 aliphatic carbocycles. The van der Waals surface area contributed by atoms with Crippen LogP contribution in [0.4, 0.5) is 5.69 Å². The van der Waals surface area contributed by atoms with Gasteiger partial charge in [-0.05, 0) is 63.2 Å². The molecule has 30 heavy (non-hydrogen) atoms. The first-order chi connectivity index (χ1) is 14.5. The molecule has 1 fully saturated rings. The molecular formula is C24H25Cl2N3O. The molecule has 1 aromatic heterocycles. The highest BCUT2D eigenvalue weighted by atomic mass is 35.5. The minimum atomic E-state index is -0.398. The van der Waals surface area contributed by atoms with Crippen molar-refractivity contribution in [3.8, 4) is 11.8 Å². The fourth-order valence-corrected chi connectivity index (χ4v) is 3.72. The van der Waals surface area contributed by atoms with Gasteiger partial charge in [0.1, 0.15) is 0 Å². The Morgan fingerprint density at radius 2 is 1.97 bits per heavy atom. The average molecular weight is 442 g/mol. The number of carbonyl (C=O) groups excluding carboxylic acids is 1. The Hall–Kier alpha value is -2.45. The summed E-state index contributed by atoms with van der Waals surface area (Å²) in [6.07, 6.45) is 7.73. The standard InChI is InChI=1S/C24H25Cl2N3O/c1-3-20(25)17-22(26)18(2)6-9-24(30)27-21-7-8-23-19(16-21)10-13-29(23)15-14-28-11-4-5-12-28/h3,7-8,10,13,16-17H,1,4-5,11-12,14-15H2,2H3,(H,27,30)/b20-17+,22-18-. The summed E-state index contributed by atoms with van der Waals surface area (Å²) in [7, 11) is 0. The van der Waals surface area contributed by atoms with Crippen LogP contribution in [0.5, 0.6) is 0 Å². The fourth-order valence-electron chi connectivity index (χ4n) is 3.39. The van der Waals surface area contributed by atoms with Crippen LogP contribution in [0.1, 0.15) is 19.8 Å². The van der Waals surface area contributed by atoms with Crippen molar-refractivity contribution in [1.82, 2.24) is 9.47 Å². The van der Waals surface area contributed by atoms with Gasteiger partial charge in [-0.3, -0.25) is 4.79 Å². The number of anilines is 1. The van der Waals surface area contributed by atoms with E-state index in [-0.39, 0.29) is 0 Å². The summed E-state index contributed by atoms with van der Waals surface area (Å²) in [6, 6.07) is 7.97. The average Bonchev–Trinajstić information content (AvgIpc) is 3.39. The minimum Gasteiger partial charge on any atom is -0.346 e. The van der Waals surface area contributed by atoms with Crippen LogP contribution in [0, 0.1) is 11.8 Å². The molecule has 0 atom stereocenters. The van der Waals surface area contributed by atoms with Gasteiger partial charge in [0.05, 0.1) is 5.03 Å². The van der Waals surface area contributed by atoms with Crippen molar-refractivity contribution in [2.45, 2.75) is 26.3 Å². The first-order valence-corrected chi connectivity index (χ1v) is 10.7. The number of hydrogen-bond acceptors (Lipinski definition) is 2. The Balaban J connectivity index is 1.64. The maximum absolute atomic E-state index is 12.2. The largest absolute Gasteiger partial charge is 0.346 e. The van der Waals surface area contributed by atoms with Crippen LogP contribution < -0.4 is 5.32 Å². The van der Waals surface area contributed by atoms with E-state index in [2.05, 4.69) is 45.5 Å². The normalized spacial score (nSPS) is 15.5. The van der Waals surface area contributed by atoms with Crippen LogP contribution in [0.25, 0.3) is 10.9 Å². The highest BCUT2D eigenvalue weighted by Gasteiger charge is 2.11. The van der Waals surface area contributed by atoms with Crippen molar-refractivity contribution in [2.24, 2.45) is 0 Å². The molecule has 0 unspecified atom stereocenters. The summed E-state index contributed by atoms with van der Waals surface area (Å²) in [4.78, 5) is 14.7. The Morgan fingerprint density at radius 1 is 1.20 bits per heavy atom. The Bertz CT molecular complexity index is 1060.